The van der Waals surface area contributed by atoms with E-state index in [1.165, 1.54) is 12.1 Å². The SMILES string of the molecule is Cl.Cl.O=S(=O)(O)c1ccccc1S(=O)(=O)O. The maximum absolute atomic E-state index is 10.7. The van der Waals surface area contributed by atoms with E-state index in [1.807, 2.05) is 0 Å². The van der Waals surface area contributed by atoms with Crippen molar-refractivity contribution in [2.24, 2.45) is 0 Å². The molecule has 10 heteroatoms. The van der Waals surface area contributed by atoms with Crippen LogP contribution in [-0.2, 0) is 20.2 Å². The van der Waals surface area contributed by atoms with Crippen molar-refractivity contribution in [1.29, 1.82) is 0 Å². The lowest BCUT2D eigenvalue weighted by atomic mass is 10.4. The van der Waals surface area contributed by atoms with Gasteiger partial charge in [-0.2, -0.15) is 16.8 Å². The summed E-state index contributed by atoms with van der Waals surface area (Å²) < 4.78 is 60.0. The number of hydrogen-bond donors (Lipinski definition) is 2. The summed E-state index contributed by atoms with van der Waals surface area (Å²) in [6, 6.07) is 4.19. The minimum Gasteiger partial charge on any atom is -0.282 e. The third-order valence-corrected chi connectivity index (χ3v) is 3.36. The Hall–Kier alpha value is -0.380. The molecule has 0 aliphatic heterocycles. The van der Waals surface area contributed by atoms with Crippen LogP contribution < -0.4 is 0 Å². The number of benzene rings is 1. The third-order valence-electron chi connectivity index (χ3n) is 1.40. The summed E-state index contributed by atoms with van der Waals surface area (Å²) >= 11 is 0. The van der Waals surface area contributed by atoms with Gasteiger partial charge < -0.3 is 0 Å². The second-order valence-corrected chi connectivity index (χ2v) is 5.18. The van der Waals surface area contributed by atoms with E-state index < -0.39 is 30.0 Å². The molecule has 2 N–H and O–H groups in total. The van der Waals surface area contributed by atoms with E-state index in [4.69, 9.17) is 9.11 Å². The third kappa shape index (κ3) is 4.24. The van der Waals surface area contributed by atoms with Crippen molar-refractivity contribution in [3.05, 3.63) is 24.3 Å². The zero-order valence-electron chi connectivity index (χ0n) is 7.47. The Morgan fingerprint density at radius 2 is 1.00 bits per heavy atom. The first-order valence-electron chi connectivity index (χ1n) is 3.27. The molecule has 6 nitrogen and oxygen atoms in total. The Bertz CT molecular complexity index is 499. The van der Waals surface area contributed by atoms with Gasteiger partial charge in [0.05, 0.1) is 0 Å². The summed E-state index contributed by atoms with van der Waals surface area (Å²) in [6.07, 6.45) is 0. The molecule has 94 valence electrons. The fraction of sp³-hybridized carbons (Fsp3) is 0. The lowest BCUT2D eigenvalue weighted by Crippen LogP contribution is -2.07. The molecule has 16 heavy (non-hydrogen) atoms. The van der Waals surface area contributed by atoms with E-state index in [-0.39, 0.29) is 24.8 Å². The van der Waals surface area contributed by atoms with Gasteiger partial charge in [-0.15, -0.1) is 24.8 Å². The minimum atomic E-state index is -4.66. The van der Waals surface area contributed by atoms with E-state index in [0.29, 0.717) is 0 Å². The zero-order valence-corrected chi connectivity index (χ0v) is 10.7. The van der Waals surface area contributed by atoms with E-state index in [1.54, 1.807) is 0 Å². The van der Waals surface area contributed by atoms with Crippen molar-refractivity contribution in [3.8, 4) is 0 Å². The van der Waals surface area contributed by atoms with Crippen LogP contribution in [0.3, 0.4) is 0 Å². The molecular formula is C6H8Cl2O6S2. The highest BCUT2D eigenvalue weighted by Gasteiger charge is 2.22. The Labute approximate surface area is 105 Å². The second-order valence-electron chi connectivity index (χ2n) is 2.40. The number of halogens is 2. The van der Waals surface area contributed by atoms with Crippen molar-refractivity contribution in [2.75, 3.05) is 0 Å². The average Bonchev–Trinajstić information content (AvgIpc) is 2.01. The minimum absolute atomic E-state index is 0. The first-order valence-corrected chi connectivity index (χ1v) is 6.15. The summed E-state index contributed by atoms with van der Waals surface area (Å²) in [5.74, 6) is 0. The molecule has 0 spiro atoms. The normalized spacial score (nSPS) is 11.1. The van der Waals surface area contributed by atoms with Crippen molar-refractivity contribution in [1.82, 2.24) is 0 Å². The van der Waals surface area contributed by atoms with E-state index in [0.717, 1.165) is 12.1 Å². The molecule has 0 bridgehead atoms. The predicted molar refractivity (Wildman–Crippen MR) is 60.6 cm³/mol. The van der Waals surface area contributed by atoms with Crippen molar-refractivity contribution >= 4 is 45.1 Å². The van der Waals surface area contributed by atoms with Gasteiger partial charge in [0.2, 0.25) is 0 Å². The molecule has 1 aromatic carbocycles. The van der Waals surface area contributed by atoms with Crippen LogP contribution >= 0.6 is 24.8 Å². The molecule has 0 aliphatic rings. The van der Waals surface area contributed by atoms with Gasteiger partial charge in [-0.1, -0.05) is 12.1 Å². The predicted octanol–water partition coefficient (Wildman–Crippen LogP) is 1.02. The van der Waals surface area contributed by atoms with Gasteiger partial charge in [-0.05, 0) is 12.1 Å². The number of rotatable bonds is 2. The molecule has 0 radical (unpaired) electrons. The Balaban J connectivity index is 0. The standard InChI is InChI=1S/C6H6O6S2.2ClH/c7-13(8,9)5-3-1-2-4-6(5)14(10,11)12;;/h1-4H,(H,7,8,9)(H,10,11,12);2*1H. The van der Waals surface area contributed by atoms with Crippen molar-refractivity contribution in [3.63, 3.8) is 0 Å². The Morgan fingerprint density at radius 3 is 1.19 bits per heavy atom. The molecule has 1 aromatic rings. The van der Waals surface area contributed by atoms with Crippen molar-refractivity contribution in [2.45, 2.75) is 9.79 Å². The fourth-order valence-electron chi connectivity index (χ4n) is 0.876. The molecule has 1 rings (SSSR count). The van der Waals surface area contributed by atoms with Crippen LogP contribution in [0.15, 0.2) is 34.1 Å². The zero-order chi connectivity index (χ0) is 11.0. The second kappa shape index (κ2) is 5.80. The maximum Gasteiger partial charge on any atom is 0.295 e. The molecule has 0 fully saturated rings. The molecule has 0 saturated carbocycles. The van der Waals surface area contributed by atoms with Gasteiger partial charge in [-0.25, -0.2) is 0 Å². The summed E-state index contributed by atoms with van der Waals surface area (Å²) in [5, 5.41) is 0. The van der Waals surface area contributed by atoms with Gasteiger partial charge in [-0.3, -0.25) is 9.11 Å². The molecule has 0 aliphatic carbocycles. The monoisotopic (exact) mass is 310 g/mol. The van der Waals surface area contributed by atoms with Crippen LogP contribution in [0.25, 0.3) is 0 Å². The first kappa shape index (κ1) is 18.0. The molecule has 0 unspecified atom stereocenters. The molecule has 0 aromatic heterocycles. The lowest BCUT2D eigenvalue weighted by molar-refractivity contribution is 0.466. The summed E-state index contributed by atoms with van der Waals surface area (Å²) in [5.41, 5.74) is 0. The lowest BCUT2D eigenvalue weighted by Gasteiger charge is -2.02. The van der Waals surface area contributed by atoms with Crippen LogP contribution in [0.1, 0.15) is 0 Å². The smallest absolute Gasteiger partial charge is 0.282 e. The molecule has 0 amide bonds. The Morgan fingerprint density at radius 1 is 0.750 bits per heavy atom. The highest BCUT2D eigenvalue weighted by Crippen LogP contribution is 2.19. The summed E-state index contributed by atoms with van der Waals surface area (Å²) in [4.78, 5) is -1.69. The topological polar surface area (TPSA) is 109 Å². The largest absolute Gasteiger partial charge is 0.295 e. The van der Waals surface area contributed by atoms with Crippen LogP contribution in [0.5, 0.6) is 0 Å². The van der Waals surface area contributed by atoms with Crippen LogP contribution in [0.4, 0.5) is 0 Å². The fourth-order valence-corrected chi connectivity index (χ4v) is 2.65. The van der Waals surface area contributed by atoms with E-state index >= 15 is 0 Å². The van der Waals surface area contributed by atoms with Gasteiger partial charge >= 0.3 is 0 Å². The quantitative estimate of drug-likeness (QED) is 0.789. The molecule has 0 atom stereocenters. The van der Waals surface area contributed by atoms with Gasteiger partial charge in [0, 0.05) is 0 Å². The van der Waals surface area contributed by atoms with Crippen LogP contribution in [0.2, 0.25) is 0 Å². The molecule has 0 heterocycles. The summed E-state index contributed by atoms with van der Waals surface area (Å²) in [7, 11) is -9.31. The molecule has 0 saturated heterocycles. The van der Waals surface area contributed by atoms with Gasteiger partial charge in [0.15, 0.2) is 0 Å². The first-order chi connectivity index (χ1) is 6.23. The number of hydrogen-bond acceptors (Lipinski definition) is 4. The van der Waals surface area contributed by atoms with E-state index in [2.05, 4.69) is 0 Å². The van der Waals surface area contributed by atoms with Gasteiger partial charge in [0.1, 0.15) is 9.79 Å². The maximum atomic E-state index is 10.7. The average molecular weight is 311 g/mol. The molecular weight excluding hydrogens is 303 g/mol. The van der Waals surface area contributed by atoms with Crippen LogP contribution in [-0.4, -0.2) is 25.9 Å². The van der Waals surface area contributed by atoms with Crippen molar-refractivity contribution < 1.29 is 25.9 Å². The highest BCUT2D eigenvalue weighted by molar-refractivity contribution is 7.89. The summed E-state index contributed by atoms with van der Waals surface area (Å²) in [6.45, 7) is 0. The van der Waals surface area contributed by atoms with E-state index in [9.17, 15) is 16.8 Å². The van der Waals surface area contributed by atoms with Crippen LogP contribution in [0, 0.1) is 0 Å². The highest BCUT2D eigenvalue weighted by atomic mass is 35.5. The van der Waals surface area contributed by atoms with Gasteiger partial charge in [0.25, 0.3) is 20.2 Å². The Kier molecular flexibility index (Phi) is 6.53.